The minimum Gasteiger partial charge on any atom is -0.325 e. The summed E-state index contributed by atoms with van der Waals surface area (Å²) in [5.74, 6) is 0.606. The van der Waals surface area contributed by atoms with Gasteiger partial charge in [-0.3, -0.25) is 9.58 Å². The first-order valence-electron chi connectivity index (χ1n) is 7.47. The Bertz CT molecular complexity index is 560. The molecule has 2 N–H and O–H groups in total. The molecule has 2 aromatic rings. The number of aromatic nitrogens is 5. The first kappa shape index (κ1) is 14.2. The van der Waals surface area contributed by atoms with Crippen LogP contribution in [0.4, 0.5) is 0 Å². The van der Waals surface area contributed by atoms with E-state index in [1.807, 2.05) is 21.8 Å². The Hall–Kier alpha value is -1.73. The molecule has 0 spiro atoms. The predicted octanol–water partition coefficient (Wildman–Crippen LogP) is 0.515. The van der Waals surface area contributed by atoms with Crippen LogP contribution in [-0.2, 0) is 13.1 Å². The second-order valence-electron chi connectivity index (χ2n) is 6.27. The zero-order valence-corrected chi connectivity index (χ0v) is 12.6. The summed E-state index contributed by atoms with van der Waals surface area (Å²) >= 11 is 0. The largest absolute Gasteiger partial charge is 0.325 e. The number of rotatable bonds is 5. The maximum absolute atomic E-state index is 6.23. The highest BCUT2D eigenvalue weighted by Gasteiger charge is 2.32. The topological polar surface area (TPSA) is 77.8 Å². The molecule has 7 nitrogen and oxygen atoms in total. The molecule has 3 rings (SSSR count). The highest BCUT2D eigenvalue weighted by Crippen LogP contribution is 2.21. The van der Waals surface area contributed by atoms with Gasteiger partial charge in [0, 0.05) is 50.2 Å². The first-order valence-corrected chi connectivity index (χ1v) is 7.47. The van der Waals surface area contributed by atoms with Gasteiger partial charge < -0.3 is 5.73 Å². The third-order valence-electron chi connectivity index (χ3n) is 3.83. The van der Waals surface area contributed by atoms with Crippen molar-refractivity contribution in [3.8, 4) is 0 Å². The number of nitrogens with two attached hydrogens (primary N) is 1. The average Bonchev–Trinajstić information content (AvgIpc) is 3.11. The van der Waals surface area contributed by atoms with Crippen molar-refractivity contribution in [3.63, 3.8) is 0 Å². The Morgan fingerprint density at radius 3 is 2.95 bits per heavy atom. The Kier molecular flexibility index (Phi) is 4.03. The van der Waals surface area contributed by atoms with Gasteiger partial charge in [-0.05, 0) is 5.92 Å². The maximum Gasteiger partial charge on any atom is 0.0826 e. The van der Waals surface area contributed by atoms with Gasteiger partial charge in [-0.25, -0.2) is 4.68 Å². The van der Waals surface area contributed by atoms with Gasteiger partial charge in [-0.1, -0.05) is 19.1 Å². The van der Waals surface area contributed by atoms with Crippen LogP contribution in [-0.4, -0.2) is 48.8 Å². The molecule has 0 bridgehead atoms. The van der Waals surface area contributed by atoms with Gasteiger partial charge in [0.15, 0.2) is 0 Å². The third-order valence-corrected chi connectivity index (χ3v) is 3.83. The standard InChI is InChI=1S/C14H23N7/c1-11(2)6-20-8-12(5-17-20)7-19-9-13(15)14(10-19)21-4-3-16-18-21/h3-5,8,11,13-14H,6-7,9-10,15H2,1-2H3/t13-,14+/m1/s1. The second-order valence-corrected chi connectivity index (χ2v) is 6.27. The molecule has 0 unspecified atom stereocenters. The van der Waals surface area contributed by atoms with Gasteiger partial charge >= 0.3 is 0 Å². The van der Waals surface area contributed by atoms with E-state index in [0.717, 1.165) is 26.2 Å². The van der Waals surface area contributed by atoms with Gasteiger partial charge in [-0.2, -0.15) is 5.10 Å². The molecule has 0 aliphatic carbocycles. The summed E-state index contributed by atoms with van der Waals surface area (Å²) in [6, 6.07) is 0.301. The molecule has 2 atom stereocenters. The van der Waals surface area contributed by atoms with Crippen LogP contribution in [0.2, 0.25) is 0 Å². The molecule has 1 aliphatic heterocycles. The second kappa shape index (κ2) is 5.95. The van der Waals surface area contributed by atoms with Crippen molar-refractivity contribution in [2.24, 2.45) is 11.7 Å². The van der Waals surface area contributed by atoms with Crippen LogP contribution in [0.25, 0.3) is 0 Å². The molecule has 0 radical (unpaired) electrons. The Labute approximate surface area is 124 Å². The van der Waals surface area contributed by atoms with Gasteiger partial charge in [-0.15, -0.1) is 5.10 Å². The molecule has 114 valence electrons. The van der Waals surface area contributed by atoms with E-state index in [0.29, 0.717) is 5.92 Å². The fraction of sp³-hybridized carbons (Fsp3) is 0.643. The third kappa shape index (κ3) is 3.30. The van der Waals surface area contributed by atoms with E-state index in [4.69, 9.17) is 5.73 Å². The van der Waals surface area contributed by atoms with E-state index in [1.54, 1.807) is 6.20 Å². The van der Waals surface area contributed by atoms with E-state index in [-0.39, 0.29) is 12.1 Å². The summed E-state index contributed by atoms with van der Waals surface area (Å²) in [6.07, 6.45) is 7.67. The van der Waals surface area contributed by atoms with Crippen molar-refractivity contribution in [1.29, 1.82) is 0 Å². The molecule has 21 heavy (non-hydrogen) atoms. The summed E-state index contributed by atoms with van der Waals surface area (Å²) in [6.45, 7) is 8.02. The summed E-state index contributed by atoms with van der Waals surface area (Å²) in [7, 11) is 0. The summed E-state index contributed by atoms with van der Waals surface area (Å²) in [5, 5.41) is 12.4. The minimum absolute atomic E-state index is 0.0948. The Morgan fingerprint density at radius 2 is 2.24 bits per heavy atom. The molecular formula is C14H23N7. The molecule has 1 fully saturated rings. The summed E-state index contributed by atoms with van der Waals surface area (Å²) in [4.78, 5) is 2.35. The van der Waals surface area contributed by atoms with E-state index < -0.39 is 0 Å². The lowest BCUT2D eigenvalue weighted by atomic mass is 10.2. The quantitative estimate of drug-likeness (QED) is 0.868. The molecule has 1 aliphatic rings. The normalized spacial score (nSPS) is 23.2. The molecule has 0 aromatic carbocycles. The van der Waals surface area contributed by atoms with Crippen molar-refractivity contribution in [3.05, 3.63) is 30.4 Å². The molecule has 1 saturated heterocycles. The monoisotopic (exact) mass is 289 g/mol. The summed E-state index contributed by atoms with van der Waals surface area (Å²) < 4.78 is 3.89. The van der Waals surface area contributed by atoms with Crippen LogP contribution in [0.15, 0.2) is 24.8 Å². The summed E-state index contributed by atoms with van der Waals surface area (Å²) in [5.41, 5.74) is 7.47. The van der Waals surface area contributed by atoms with E-state index in [2.05, 4.69) is 40.4 Å². The molecule has 0 amide bonds. The first-order chi connectivity index (χ1) is 10.1. The fourth-order valence-electron chi connectivity index (χ4n) is 2.92. The van der Waals surface area contributed by atoms with Gasteiger partial charge in [0.05, 0.1) is 18.4 Å². The van der Waals surface area contributed by atoms with E-state index in [9.17, 15) is 0 Å². The zero-order chi connectivity index (χ0) is 14.8. The van der Waals surface area contributed by atoms with Crippen molar-refractivity contribution in [1.82, 2.24) is 29.7 Å². The lowest BCUT2D eigenvalue weighted by Crippen LogP contribution is -2.31. The van der Waals surface area contributed by atoms with E-state index >= 15 is 0 Å². The predicted molar refractivity (Wildman–Crippen MR) is 79.4 cm³/mol. The number of nitrogens with zero attached hydrogens (tertiary/aromatic N) is 6. The Balaban J connectivity index is 1.60. The highest BCUT2D eigenvalue weighted by molar-refractivity contribution is 5.05. The van der Waals surface area contributed by atoms with Crippen molar-refractivity contribution in [2.45, 2.75) is 39.0 Å². The number of likely N-dealkylation sites (tertiary alicyclic amines) is 1. The van der Waals surface area contributed by atoms with Crippen LogP contribution in [0.5, 0.6) is 0 Å². The molecule has 3 heterocycles. The fourth-order valence-corrected chi connectivity index (χ4v) is 2.92. The van der Waals surface area contributed by atoms with Crippen LogP contribution in [0, 0.1) is 5.92 Å². The SMILES string of the molecule is CC(C)Cn1cc(CN2C[C@@H](N)[C@@H](n3ccnn3)C2)cn1. The lowest BCUT2D eigenvalue weighted by Gasteiger charge is -2.14. The number of hydrogen-bond acceptors (Lipinski definition) is 5. The number of hydrogen-bond donors (Lipinski definition) is 1. The minimum atomic E-state index is 0.0948. The average molecular weight is 289 g/mol. The Morgan fingerprint density at radius 1 is 1.38 bits per heavy atom. The van der Waals surface area contributed by atoms with Crippen molar-refractivity contribution < 1.29 is 0 Å². The zero-order valence-electron chi connectivity index (χ0n) is 12.6. The van der Waals surface area contributed by atoms with Crippen LogP contribution < -0.4 is 5.73 Å². The van der Waals surface area contributed by atoms with Crippen LogP contribution in [0.3, 0.4) is 0 Å². The van der Waals surface area contributed by atoms with Gasteiger partial charge in [0.25, 0.3) is 0 Å². The van der Waals surface area contributed by atoms with Crippen molar-refractivity contribution >= 4 is 0 Å². The molecule has 7 heteroatoms. The van der Waals surface area contributed by atoms with Crippen LogP contribution in [0.1, 0.15) is 25.5 Å². The van der Waals surface area contributed by atoms with Gasteiger partial charge in [0.1, 0.15) is 0 Å². The highest BCUT2D eigenvalue weighted by atomic mass is 15.4. The molecule has 2 aromatic heterocycles. The van der Waals surface area contributed by atoms with Gasteiger partial charge in [0.2, 0.25) is 0 Å². The van der Waals surface area contributed by atoms with Crippen molar-refractivity contribution in [2.75, 3.05) is 13.1 Å². The lowest BCUT2D eigenvalue weighted by molar-refractivity contribution is 0.310. The maximum atomic E-state index is 6.23. The van der Waals surface area contributed by atoms with Crippen LogP contribution >= 0.6 is 0 Å². The molecular weight excluding hydrogens is 266 g/mol. The molecule has 0 saturated carbocycles. The van der Waals surface area contributed by atoms with E-state index in [1.165, 1.54) is 5.56 Å². The smallest absolute Gasteiger partial charge is 0.0826 e.